The lowest BCUT2D eigenvalue weighted by atomic mass is 10.2. The summed E-state index contributed by atoms with van der Waals surface area (Å²) in [5, 5.41) is 0. The highest BCUT2D eigenvalue weighted by molar-refractivity contribution is 6.59. The van der Waals surface area contributed by atoms with Crippen LogP contribution < -0.4 is 4.74 Å². The van der Waals surface area contributed by atoms with E-state index in [2.05, 4.69) is 0 Å². The smallest absolute Gasteiger partial charge is 0.497 e. The number of methoxy groups -OCH3 is 1. The van der Waals surface area contributed by atoms with Gasteiger partial charge >= 0.3 is 24.1 Å². The monoisotopic (exact) mass is 386 g/mol. The molecule has 10 heteroatoms. The molecule has 0 saturated carbocycles. The first-order valence-electron chi connectivity index (χ1n) is 7.25. The van der Waals surface area contributed by atoms with E-state index in [0.29, 0.717) is 12.5 Å². The normalized spacial score (nSPS) is 10.6. The zero-order valence-corrected chi connectivity index (χ0v) is 16.4. The maximum absolute atomic E-state index is 11.6. The predicted molar refractivity (Wildman–Crippen MR) is 91.5 cm³/mol. The van der Waals surface area contributed by atoms with Crippen LogP contribution in [-0.2, 0) is 27.3 Å². The molecule has 0 fully saturated rings. The van der Waals surface area contributed by atoms with Crippen molar-refractivity contribution in [3.05, 3.63) is 35.9 Å². The van der Waals surface area contributed by atoms with Crippen LogP contribution >= 0.6 is 0 Å². The van der Waals surface area contributed by atoms with E-state index in [1.807, 2.05) is 24.3 Å². The highest BCUT2D eigenvalue weighted by Crippen LogP contribution is 2.13. The molecule has 0 atom stereocenters. The summed E-state index contributed by atoms with van der Waals surface area (Å²) >= 11 is 0. The third-order valence-electron chi connectivity index (χ3n) is 3.05. The van der Waals surface area contributed by atoms with E-state index in [1.165, 1.54) is 20.3 Å². The molecule has 0 bridgehead atoms. The Balaban J connectivity index is 0.00000178. The quantitative estimate of drug-likeness (QED) is 0.292. The van der Waals surface area contributed by atoms with Gasteiger partial charge in [-0.25, -0.2) is 4.79 Å². The second-order valence-corrected chi connectivity index (χ2v) is 7.49. The average molecular weight is 387 g/mol. The molecule has 0 unspecified atom stereocenters. The van der Waals surface area contributed by atoms with Crippen molar-refractivity contribution >= 4 is 30.1 Å². The highest BCUT2D eigenvalue weighted by atomic mass is 28.4. The number of benzene rings is 1. The molecule has 138 valence electrons. The number of hydrogen-bond acceptors (Lipinski definition) is 8. The second kappa shape index (κ2) is 13.4. The van der Waals surface area contributed by atoms with Crippen LogP contribution in [0.25, 0.3) is 6.08 Å². The van der Waals surface area contributed by atoms with Gasteiger partial charge in [-0.15, -0.1) is 0 Å². The molecule has 0 aliphatic heterocycles. The molecule has 0 spiro atoms. The van der Waals surface area contributed by atoms with E-state index >= 15 is 0 Å². The fourth-order valence-corrected chi connectivity index (χ4v) is 2.85. The molecule has 25 heavy (non-hydrogen) atoms. The van der Waals surface area contributed by atoms with Crippen LogP contribution in [0.5, 0.6) is 5.75 Å². The van der Waals surface area contributed by atoms with E-state index in [0.717, 1.165) is 11.3 Å². The van der Waals surface area contributed by atoms with Gasteiger partial charge in [-0.3, -0.25) is 8.92 Å². The Labute approximate surface area is 149 Å². The Kier molecular flexibility index (Phi) is 12.4. The third kappa shape index (κ3) is 10.6. The SMILES string of the molecule is COc1ccc(/C=C/C(=O)OCCC[Si](O)(OC)OC)cc1.O=[Si]=O. The van der Waals surface area contributed by atoms with Crippen LogP contribution in [0.15, 0.2) is 30.3 Å². The lowest BCUT2D eigenvalue weighted by molar-refractivity contribution is -0.137. The Hall–Kier alpha value is -1.86. The van der Waals surface area contributed by atoms with Crippen LogP contribution in [0.2, 0.25) is 6.04 Å². The molecule has 8 nitrogen and oxygen atoms in total. The lowest BCUT2D eigenvalue weighted by Crippen LogP contribution is -2.40. The fourth-order valence-electron chi connectivity index (χ4n) is 1.68. The molecule has 0 saturated heterocycles. The minimum atomic E-state index is -3.07. The standard InChI is InChI=1S/C15H22O6Si.O2Si/c1-18-14-8-5-13(6-9-14)7-10-15(16)21-11-4-12-22(17,19-2)20-3;1-3-2/h5-10,17H,4,11-12H2,1-3H3;/b10-7+;. The Bertz CT molecular complexity index is 563. The summed E-state index contributed by atoms with van der Waals surface area (Å²) in [7, 11) is -0.0867. The van der Waals surface area contributed by atoms with Gasteiger partial charge < -0.3 is 23.1 Å². The minimum absolute atomic E-state index is 0.202. The minimum Gasteiger partial charge on any atom is -0.497 e. The van der Waals surface area contributed by atoms with Gasteiger partial charge in [0.15, 0.2) is 0 Å². The van der Waals surface area contributed by atoms with Gasteiger partial charge in [-0.1, -0.05) is 12.1 Å². The van der Waals surface area contributed by atoms with Gasteiger partial charge in [0.05, 0.1) is 13.7 Å². The summed E-state index contributed by atoms with van der Waals surface area (Å²) < 4.78 is 36.8. The largest absolute Gasteiger partial charge is 0.549 e. The Morgan fingerprint density at radius 1 is 1.16 bits per heavy atom. The van der Waals surface area contributed by atoms with Crippen LogP contribution in [0.3, 0.4) is 0 Å². The van der Waals surface area contributed by atoms with E-state index in [9.17, 15) is 9.59 Å². The van der Waals surface area contributed by atoms with Crippen molar-refractivity contribution < 1.29 is 36.8 Å². The molecule has 0 aliphatic carbocycles. The summed E-state index contributed by atoms with van der Waals surface area (Å²) in [5.74, 6) is 0.323. The summed E-state index contributed by atoms with van der Waals surface area (Å²) in [5.41, 5.74) is 0.873. The first-order chi connectivity index (χ1) is 11.9. The fraction of sp³-hybridized carbons (Fsp3) is 0.400. The Morgan fingerprint density at radius 3 is 2.20 bits per heavy atom. The van der Waals surface area contributed by atoms with Gasteiger partial charge in [0.2, 0.25) is 0 Å². The Morgan fingerprint density at radius 2 is 1.72 bits per heavy atom. The van der Waals surface area contributed by atoms with Crippen molar-refractivity contribution in [2.75, 3.05) is 27.9 Å². The predicted octanol–water partition coefficient (Wildman–Crippen LogP) is 1.25. The molecule has 0 aliphatic rings. The molecule has 1 aromatic carbocycles. The van der Waals surface area contributed by atoms with Crippen molar-refractivity contribution in [3.63, 3.8) is 0 Å². The number of esters is 1. The van der Waals surface area contributed by atoms with Gasteiger partial charge in [0.1, 0.15) is 5.75 Å². The summed E-state index contributed by atoms with van der Waals surface area (Å²) in [6, 6.07) is 7.64. The molecule has 0 aromatic heterocycles. The van der Waals surface area contributed by atoms with E-state index in [1.54, 1.807) is 13.2 Å². The summed E-state index contributed by atoms with van der Waals surface area (Å²) in [6.45, 7) is 0.202. The zero-order valence-electron chi connectivity index (χ0n) is 14.4. The van der Waals surface area contributed by atoms with Gasteiger partial charge in [-0.2, -0.15) is 0 Å². The number of rotatable bonds is 9. The number of carbonyl (C=O) groups excluding carboxylic acids is 1. The molecule has 1 aromatic rings. The van der Waals surface area contributed by atoms with Crippen molar-refractivity contribution in [1.82, 2.24) is 0 Å². The van der Waals surface area contributed by atoms with Crippen LogP contribution in [0.4, 0.5) is 0 Å². The van der Waals surface area contributed by atoms with Crippen molar-refractivity contribution in [1.29, 1.82) is 0 Å². The average Bonchev–Trinajstić information content (AvgIpc) is 2.64. The summed E-state index contributed by atoms with van der Waals surface area (Å²) in [6.07, 6.45) is 3.50. The third-order valence-corrected chi connectivity index (χ3v) is 5.31. The maximum Gasteiger partial charge on any atom is 0.549 e. The maximum atomic E-state index is 11.6. The van der Waals surface area contributed by atoms with Crippen LogP contribution in [0, 0.1) is 0 Å². The van der Waals surface area contributed by atoms with Gasteiger partial charge in [-0.05, 0) is 30.2 Å². The molecule has 1 N–H and O–H groups in total. The van der Waals surface area contributed by atoms with E-state index in [4.69, 9.17) is 27.2 Å². The van der Waals surface area contributed by atoms with Crippen LogP contribution in [0.1, 0.15) is 12.0 Å². The van der Waals surface area contributed by atoms with Crippen molar-refractivity contribution in [3.8, 4) is 5.75 Å². The van der Waals surface area contributed by atoms with Gasteiger partial charge in [0.25, 0.3) is 0 Å². The van der Waals surface area contributed by atoms with E-state index in [-0.39, 0.29) is 6.61 Å². The zero-order chi connectivity index (χ0) is 19.1. The highest BCUT2D eigenvalue weighted by Gasteiger charge is 2.33. The first-order valence-corrected chi connectivity index (χ1v) is 10.0. The topological polar surface area (TPSA) is 108 Å². The molecule has 0 heterocycles. The molecule has 1 rings (SSSR count). The van der Waals surface area contributed by atoms with E-state index < -0.39 is 24.1 Å². The number of hydrogen-bond donors (Lipinski definition) is 1. The molecule has 0 radical (unpaired) electrons. The molecular weight excluding hydrogens is 364 g/mol. The lowest BCUT2D eigenvalue weighted by Gasteiger charge is -2.19. The molecule has 0 amide bonds. The van der Waals surface area contributed by atoms with Crippen molar-refractivity contribution in [2.45, 2.75) is 12.5 Å². The second-order valence-electron chi connectivity index (χ2n) is 4.58. The number of ether oxygens (including phenoxy) is 2. The van der Waals surface area contributed by atoms with Crippen LogP contribution in [-0.4, -0.2) is 56.8 Å². The number of carbonyl (C=O) groups is 1. The van der Waals surface area contributed by atoms with Crippen molar-refractivity contribution in [2.24, 2.45) is 0 Å². The first kappa shape index (κ1) is 23.1. The van der Waals surface area contributed by atoms with Gasteiger partial charge in [0, 0.05) is 26.3 Å². The molecular formula is C15H22O8Si2. The summed E-state index contributed by atoms with van der Waals surface area (Å²) in [4.78, 5) is 21.4.